The van der Waals surface area contributed by atoms with Crippen LogP contribution < -0.4 is 5.32 Å². The van der Waals surface area contributed by atoms with Crippen molar-refractivity contribution >= 4 is 5.91 Å². The highest BCUT2D eigenvalue weighted by atomic mass is 16.5. The summed E-state index contributed by atoms with van der Waals surface area (Å²) in [5, 5.41) is 2.59. The second-order valence-corrected chi connectivity index (χ2v) is 2.56. The number of nitrogens with zero attached hydrogens (tertiary/aromatic N) is 1. The first-order valence-corrected chi connectivity index (χ1v) is 3.83. The fraction of sp³-hybridized carbons (Fsp3) is 0.857. The highest BCUT2D eigenvalue weighted by Gasteiger charge is 2.12. The maximum atomic E-state index is 10.9. The van der Waals surface area contributed by atoms with Gasteiger partial charge >= 0.3 is 0 Å². The number of rotatable bonds is 2. The Labute approximate surface area is 66.5 Å². The third-order valence-corrected chi connectivity index (χ3v) is 1.75. The Bertz CT molecular complexity index is 132. The molecule has 0 radical (unpaired) electrons. The van der Waals surface area contributed by atoms with E-state index in [9.17, 15) is 4.79 Å². The van der Waals surface area contributed by atoms with E-state index >= 15 is 0 Å². The molecule has 0 unspecified atom stereocenters. The van der Waals surface area contributed by atoms with Crippen LogP contribution in [0.3, 0.4) is 0 Å². The average Bonchev–Trinajstić information content (AvgIpc) is 2.06. The topological polar surface area (TPSA) is 41.6 Å². The molecule has 1 saturated heterocycles. The standard InChI is InChI=1S/C7H14N2O2/c1-8-7(10)6-9-2-4-11-5-3-9/h2-6H2,1H3,(H,8,10). The van der Waals surface area contributed by atoms with Crippen LogP contribution in [0.4, 0.5) is 0 Å². The summed E-state index contributed by atoms with van der Waals surface area (Å²) in [7, 11) is 1.66. The van der Waals surface area contributed by atoms with E-state index in [1.54, 1.807) is 7.05 Å². The van der Waals surface area contributed by atoms with Crippen LogP contribution in [0.1, 0.15) is 0 Å². The third-order valence-electron chi connectivity index (χ3n) is 1.75. The first kappa shape index (κ1) is 8.49. The van der Waals surface area contributed by atoms with Crippen molar-refractivity contribution in [2.45, 2.75) is 0 Å². The molecule has 0 atom stereocenters. The molecule has 1 fully saturated rings. The van der Waals surface area contributed by atoms with Crippen LogP contribution in [0.25, 0.3) is 0 Å². The van der Waals surface area contributed by atoms with Crippen LogP contribution in [0.5, 0.6) is 0 Å². The number of likely N-dealkylation sites (N-methyl/N-ethyl adjacent to an activating group) is 1. The Morgan fingerprint density at radius 2 is 2.18 bits per heavy atom. The third kappa shape index (κ3) is 2.86. The van der Waals surface area contributed by atoms with Gasteiger partial charge in [-0.25, -0.2) is 0 Å². The van der Waals surface area contributed by atoms with E-state index < -0.39 is 0 Å². The van der Waals surface area contributed by atoms with Gasteiger partial charge in [-0.2, -0.15) is 0 Å². The molecule has 0 aromatic rings. The van der Waals surface area contributed by atoms with E-state index in [0.29, 0.717) is 6.54 Å². The SMILES string of the molecule is CNC(=O)CN1CCOCC1. The summed E-state index contributed by atoms with van der Waals surface area (Å²) in [5.74, 6) is 0.0758. The van der Waals surface area contributed by atoms with Crippen molar-refractivity contribution in [3.8, 4) is 0 Å². The lowest BCUT2D eigenvalue weighted by molar-refractivity contribution is -0.122. The van der Waals surface area contributed by atoms with Crippen molar-refractivity contribution < 1.29 is 9.53 Å². The molecule has 1 rings (SSSR count). The molecular weight excluding hydrogens is 144 g/mol. The van der Waals surface area contributed by atoms with Crippen molar-refractivity contribution in [3.05, 3.63) is 0 Å². The summed E-state index contributed by atoms with van der Waals surface area (Å²) in [4.78, 5) is 13.0. The monoisotopic (exact) mass is 158 g/mol. The van der Waals surface area contributed by atoms with Crippen molar-refractivity contribution in [2.75, 3.05) is 39.9 Å². The number of hydrogen-bond acceptors (Lipinski definition) is 3. The zero-order chi connectivity index (χ0) is 8.10. The Morgan fingerprint density at radius 3 is 2.73 bits per heavy atom. The lowest BCUT2D eigenvalue weighted by atomic mass is 10.4. The van der Waals surface area contributed by atoms with Crippen LogP contribution in [0, 0.1) is 0 Å². The molecule has 0 bridgehead atoms. The molecule has 1 amide bonds. The average molecular weight is 158 g/mol. The Morgan fingerprint density at radius 1 is 1.55 bits per heavy atom. The number of carbonyl (C=O) groups excluding carboxylic acids is 1. The number of carbonyl (C=O) groups is 1. The summed E-state index contributed by atoms with van der Waals surface area (Å²) in [6.45, 7) is 3.73. The lowest BCUT2D eigenvalue weighted by Gasteiger charge is -2.25. The van der Waals surface area contributed by atoms with Crippen LogP contribution >= 0.6 is 0 Å². The van der Waals surface area contributed by atoms with Crippen LogP contribution in [0.15, 0.2) is 0 Å². The van der Waals surface area contributed by atoms with Gasteiger partial charge in [-0.1, -0.05) is 0 Å². The number of amides is 1. The van der Waals surface area contributed by atoms with E-state index in [4.69, 9.17) is 4.74 Å². The molecule has 11 heavy (non-hydrogen) atoms. The number of morpholine rings is 1. The largest absolute Gasteiger partial charge is 0.379 e. The van der Waals surface area contributed by atoms with Gasteiger partial charge in [-0.15, -0.1) is 0 Å². The minimum absolute atomic E-state index is 0.0758. The Balaban J connectivity index is 2.19. The quantitative estimate of drug-likeness (QED) is 0.564. The van der Waals surface area contributed by atoms with E-state index in [1.807, 2.05) is 0 Å². The highest BCUT2D eigenvalue weighted by Crippen LogP contribution is 1.94. The normalized spacial score (nSPS) is 19.7. The minimum Gasteiger partial charge on any atom is -0.379 e. The smallest absolute Gasteiger partial charge is 0.233 e. The van der Waals surface area contributed by atoms with E-state index in [1.165, 1.54) is 0 Å². The second-order valence-electron chi connectivity index (χ2n) is 2.56. The summed E-state index contributed by atoms with van der Waals surface area (Å²) in [6.07, 6.45) is 0. The van der Waals surface area contributed by atoms with Gasteiger partial charge in [-0.3, -0.25) is 9.69 Å². The molecule has 64 valence electrons. The van der Waals surface area contributed by atoms with Crippen LogP contribution in [-0.2, 0) is 9.53 Å². The maximum Gasteiger partial charge on any atom is 0.233 e. The van der Waals surface area contributed by atoms with Crippen molar-refractivity contribution in [3.63, 3.8) is 0 Å². The summed E-state index contributed by atoms with van der Waals surface area (Å²) in [6, 6.07) is 0. The molecule has 0 saturated carbocycles. The van der Waals surface area contributed by atoms with Crippen LogP contribution in [0.2, 0.25) is 0 Å². The van der Waals surface area contributed by atoms with Crippen molar-refractivity contribution in [2.24, 2.45) is 0 Å². The maximum absolute atomic E-state index is 10.9. The summed E-state index contributed by atoms with van der Waals surface area (Å²) < 4.78 is 5.14. The molecule has 0 spiro atoms. The molecule has 1 aliphatic heterocycles. The van der Waals surface area contributed by atoms with E-state index in [0.717, 1.165) is 26.3 Å². The first-order chi connectivity index (χ1) is 5.33. The predicted octanol–water partition coefficient (Wildman–Crippen LogP) is -0.935. The van der Waals surface area contributed by atoms with Gasteiger partial charge < -0.3 is 10.1 Å². The zero-order valence-electron chi connectivity index (χ0n) is 6.80. The van der Waals surface area contributed by atoms with Crippen molar-refractivity contribution in [1.29, 1.82) is 0 Å². The summed E-state index contributed by atoms with van der Waals surface area (Å²) in [5.41, 5.74) is 0. The van der Waals surface area contributed by atoms with Gasteiger partial charge in [0.1, 0.15) is 0 Å². The van der Waals surface area contributed by atoms with Gasteiger partial charge in [0.2, 0.25) is 5.91 Å². The predicted molar refractivity (Wildman–Crippen MR) is 41.3 cm³/mol. The second kappa shape index (κ2) is 4.31. The summed E-state index contributed by atoms with van der Waals surface area (Å²) >= 11 is 0. The number of hydrogen-bond donors (Lipinski definition) is 1. The fourth-order valence-corrected chi connectivity index (χ4v) is 1.04. The molecule has 1 heterocycles. The van der Waals surface area contributed by atoms with Gasteiger partial charge in [0, 0.05) is 20.1 Å². The lowest BCUT2D eigenvalue weighted by Crippen LogP contribution is -2.42. The Kier molecular flexibility index (Phi) is 3.32. The molecular formula is C7H14N2O2. The first-order valence-electron chi connectivity index (χ1n) is 3.83. The molecule has 4 heteroatoms. The van der Waals surface area contributed by atoms with Gasteiger partial charge in [0.25, 0.3) is 0 Å². The molecule has 1 aliphatic rings. The van der Waals surface area contributed by atoms with E-state index in [-0.39, 0.29) is 5.91 Å². The van der Waals surface area contributed by atoms with E-state index in [2.05, 4.69) is 10.2 Å². The van der Waals surface area contributed by atoms with Gasteiger partial charge in [0.15, 0.2) is 0 Å². The minimum atomic E-state index is 0.0758. The Hall–Kier alpha value is -0.610. The molecule has 4 nitrogen and oxygen atoms in total. The number of ether oxygens (including phenoxy) is 1. The molecule has 1 N–H and O–H groups in total. The highest BCUT2D eigenvalue weighted by molar-refractivity contribution is 5.77. The molecule has 0 aliphatic carbocycles. The molecule has 0 aromatic carbocycles. The van der Waals surface area contributed by atoms with Gasteiger partial charge in [-0.05, 0) is 0 Å². The number of nitrogens with one attached hydrogen (secondary N) is 1. The zero-order valence-corrected chi connectivity index (χ0v) is 6.80. The fourth-order valence-electron chi connectivity index (χ4n) is 1.04. The van der Waals surface area contributed by atoms with Gasteiger partial charge in [0.05, 0.1) is 19.8 Å². The molecule has 0 aromatic heterocycles. The van der Waals surface area contributed by atoms with Crippen LogP contribution in [-0.4, -0.2) is 50.7 Å². The van der Waals surface area contributed by atoms with Crippen molar-refractivity contribution in [1.82, 2.24) is 10.2 Å².